The second kappa shape index (κ2) is 6.93. The highest BCUT2D eigenvalue weighted by atomic mass is 16.7. The van der Waals surface area contributed by atoms with Gasteiger partial charge < -0.3 is 18.9 Å². The summed E-state index contributed by atoms with van der Waals surface area (Å²) in [6.45, 7) is 0.0878. The maximum absolute atomic E-state index is 12.0. The fraction of sp³-hybridized carbons (Fsp3) is 0.316. The Hall–Kier alpha value is -2.53. The Labute approximate surface area is 141 Å². The predicted octanol–water partition coefficient (Wildman–Crippen LogP) is 3.48. The summed E-state index contributed by atoms with van der Waals surface area (Å²) in [6, 6.07) is 9.53. The predicted molar refractivity (Wildman–Crippen MR) is 90.1 cm³/mol. The summed E-state index contributed by atoms with van der Waals surface area (Å²) in [4.78, 5) is 12.0. The monoisotopic (exact) mass is 328 g/mol. The van der Waals surface area contributed by atoms with Gasteiger partial charge in [-0.25, -0.2) is 0 Å². The van der Waals surface area contributed by atoms with E-state index in [2.05, 4.69) is 0 Å². The van der Waals surface area contributed by atoms with Crippen LogP contribution in [0.25, 0.3) is 11.1 Å². The first-order valence-corrected chi connectivity index (χ1v) is 7.73. The number of carbonyl (C=O) groups is 1. The van der Waals surface area contributed by atoms with Crippen molar-refractivity contribution in [2.75, 3.05) is 28.1 Å². The summed E-state index contributed by atoms with van der Waals surface area (Å²) in [6.07, 6.45) is 1.29. The number of methoxy groups -OCH3 is 3. The first-order valence-electron chi connectivity index (χ1n) is 7.73. The van der Waals surface area contributed by atoms with Gasteiger partial charge in [0, 0.05) is 24.7 Å². The van der Waals surface area contributed by atoms with Crippen molar-refractivity contribution in [1.82, 2.24) is 0 Å². The van der Waals surface area contributed by atoms with Crippen molar-refractivity contribution in [3.05, 3.63) is 41.5 Å². The molecule has 126 valence electrons. The second-order valence-electron chi connectivity index (χ2n) is 5.48. The van der Waals surface area contributed by atoms with Crippen molar-refractivity contribution in [3.63, 3.8) is 0 Å². The number of benzene rings is 2. The van der Waals surface area contributed by atoms with Crippen LogP contribution in [0, 0.1) is 0 Å². The van der Waals surface area contributed by atoms with Gasteiger partial charge in [0.25, 0.3) is 0 Å². The first-order chi connectivity index (χ1) is 11.7. The number of ketones is 1. The van der Waals surface area contributed by atoms with Gasteiger partial charge in [-0.05, 0) is 29.7 Å². The first kappa shape index (κ1) is 16.3. The maximum atomic E-state index is 12.0. The lowest BCUT2D eigenvalue weighted by Gasteiger charge is -2.18. The van der Waals surface area contributed by atoms with Gasteiger partial charge >= 0.3 is 0 Å². The molecule has 0 saturated heterocycles. The Bertz CT molecular complexity index is 767. The summed E-state index contributed by atoms with van der Waals surface area (Å²) in [7, 11) is 4.71. The molecule has 0 spiro atoms. The van der Waals surface area contributed by atoms with Crippen LogP contribution in [0.2, 0.25) is 0 Å². The van der Waals surface area contributed by atoms with E-state index in [0.29, 0.717) is 23.7 Å². The minimum atomic E-state index is 0.0878. The number of rotatable bonds is 6. The van der Waals surface area contributed by atoms with E-state index in [1.54, 1.807) is 21.3 Å². The highest BCUT2D eigenvalue weighted by Crippen LogP contribution is 2.46. The maximum Gasteiger partial charge on any atom is 0.204 e. The van der Waals surface area contributed by atoms with E-state index in [0.717, 1.165) is 28.7 Å². The molecule has 0 amide bonds. The van der Waals surface area contributed by atoms with Gasteiger partial charge in [0.05, 0.1) is 14.2 Å². The van der Waals surface area contributed by atoms with Crippen LogP contribution in [0.3, 0.4) is 0 Å². The van der Waals surface area contributed by atoms with Crippen LogP contribution in [-0.2, 0) is 11.2 Å². The average molecular weight is 328 g/mol. The van der Waals surface area contributed by atoms with E-state index in [9.17, 15) is 4.79 Å². The SMILES string of the molecule is COCOc1c(-c2cccc3c2CCC3=O)ccc(OC)c1OC. The van der Waals surface area contributed by atoms with Gasteiger partial charge in [0.15, 0.2) is 24.1 Å². The molecule has 0 fully saturated rings. The third-order valence-corrected chi connectivity index (χ3v) is 4.19. The second-order valence-corrected chi connectivity index (χ2v) is 5.48. The lowest BCUT2D eigenvalue weighted by molar-refractivity contribution is 0.0493. The lowest BCUT2D eigenvalue weighted by atomic mass is 9.95. The van der Waals surface area contributed by atoms with E-state index in [4.69, 9.17) is 18.9 Å². The molecular formula is C19H20O5. The topological polar surface area (TPSA) is 54.0 Å². The van der Waals surface area contributed by atoms with E-state index < -0.39 is 0 Å². The van der Waals surface area contributed by atoms with E-state index >= 15 is 0 Å². The van der Waals surface area contributed by atoms with Crippen molar-refractivity contribution in [2.45, 2.75) is 12.8 Å². The Morgan fingerprint density at radius 3 is 2.38 bits per heavy atom. The van der Waals surface area contributed by atoms with Gasteiger partial charge in [0.1, 0.15) is 0 Å². The average Bonchev–Trinajstić information content (AvgIpc) is 3.00. The molecule has 0 bridgehead atoms. The third kappa shape index (κ3) is 2.71. The van der Waals surface area contributed by atoms with Crippen LogP contribution in [0.4, 0.5) is 0 Å². The summed E-state index contributed by atoms with van der Waals surface area (Å²) in [5.74, 6) is 1.82. The zero-order valence-corrected chi connectivity index (χ0v) is 14.0. The molecule has 2 aromatic carbocycles. The molecule has 5 nitrogen and oxygen atoms in total. The zero-order chi connectivity index (χ0) is 17.1. The number of hydrogen-bond donors (Lipinski definition) is 0. The number of ether oxygens (including phenoxy) is 4. The van der Waals surface area contributed by atoms with Crippen LogP contribution in [0.1, 0.15) is 22.3 Å². The van der Waals surface area contributed by atoms with Crippen LogP contribution in [-0.4, -0.2) is 33.9 Å². The zero-order valence-electron chi connectivity index (χ0n) is 14.0. The quantitative estimate of drug-likeness (QED) is 0.760. The van der Waals surface area contributed by atoms with Crippen molar-refractivity contribution >= 4 is 5.78 Å². The van der Waals surface area contributed by atoms with E-state index in [-0.39, 0.29) is 12.6 Å². The molecule has 0 heterocycles. The minimum absolute atomic E-state index is 0.0878. The minimum Gasteiger partial charge on any atom is -0.493 e. The van der Waals surface area contributed by atoms with Crippen molar-refractivity contribution in [2.24, 2.45) is 0 Å². The molecule has 5 heteroatoms. The highest BCUT2D eigenvalue weighted by molar-refractivity contribution is 6.02. The van der Waals surface area contributed by atoms with E-state index in [1.165, 1.54) is 0 Å². The highest BCUT2D eigenvalue weighted by Gasteiger charge is 2.25. The fourth-order valence-corrected chi connectivity index (χ4v) is 3.11. The molecule has 3 rings (SSSR count). The van der Waals surface area contributed by atoms with Gasteiger partial charge in [0.2, 0.25) is 5.75 Å². The largest absolute Gasteiger partial charge is 0.493 e. The molecule has 0 saturated carbocycles. The summed E-state index contributed by atoms with van der Waals surface area (Å²) in [5.41, 5.74) is 3.68. The molecule has 0 atom stereocenters. The molecule has 1 aliphatic rings. The number of carbonyl (C=O) groups excluding carboxylic acids is 1. The third-order valence-electron chi connectivity index (χ3n) is 4.19. The summed E-state index contributed by atoms with van der Waals surface area (Å²) < 4.78 is 21.7. The molecule has 0 unspecified atom stereocenters. The molecule has 0 aromatic heterocycles. The van der Waals surface area contributed by atoms with E-state index in [1.807, 2.05) is 30.3 Å². The fourth-order valence-electron chi connectivity index (χ4n) is 3.11. The van der Waals surface area contributed by atoms with Gasteiger partial charge in [-0.15, -0.1) is 0 Å². The lowest BCUT2D eigenvalue weighted by Crippen LogP contribution is -2.04. The molecule has 2 aromatic rings. The Balaban J connectivity index is 2.20. The molecular weight excluding hydrogens is 308 g/mol. The van der Waals surface area contributed by atoms with Crippen molar-refractivity contribution in [1.29, 1.82) is 0 Å². The van der Waals surface area contributed by atoms with Crippen LogP contribution >= 0.6 is 0 Å². The van der Waals surface area contributed by atoms with Crippen LogP contribution < -0.4 is 14.2 Å². The van der Waals surface area contributed by atoms with Gasteiger partial charge in [-0.2, -0.15) is 0 Å². The normalized spacial score (nSPS) is 12.9. The number of fused-ring (bicyclic) bond motifs is 1. The van der Waals surface area contributed by atoms with Gasteiger partial charge in [-0.3, -0.25) is 4.79 Å². The molecule has 1 aliphatic carbocycles. The van der Waals surface area contributed by atoms with Gasteiger partial charge in [-0.1, -0.05) is 18.2 Å². The standard InChI is InChI=1S/C19H20O5/c1-21-11-24-18-15(8-10-17(22-2)19(18)23-3)12-5-4-6-14-13(12)7-9-16(14)20/h4-6,8,10H,7,9,11H2,1-3H3. The molecule has 0 aliphatic heterocycles. The molecule has 24 heavy (non-hydrogen) atoms. The number of Topliss-reactive ketones (excluding diaryl/α,β-unsaturated/α-hetero) is 1. The Morgan fingerprint density at radius 1 is 0.875 bits per heavy atom. The molecule has 0 radical (unpaired) electrons. The Morgan fingerprint density at radius 2 is 1.67 bits per heavy atom. The Kier molecular flexibility index (Phi) is 4.71. The number of hydrogen-bond acceptors (Lipinski definition) is 5. The summed E-state index contributed by atoms with van der Waals surface area (Å²) in [5, 5.41) is 0. The summed E-state index contributed by atoms with van der Waals surface area (Å²) >= 11 is 0. The van der Waals surface area contributed by atoms with Crippen LogP contribution in [0.15, 0.2) is 30.3 Å². The molecule has 0 N–H and O–H groups in total. The van der Waals surface area contributed by atoms with Crippen molar-refractivity contribution in [3.8, 4) is 28.4 Å². The van der Waals surface area contributed by atoms with Crippen molar-refractivity contribution < 1.29 is 23.7 Å². The smallest absolute Gasteiger partial charge is 0.204 e. The van der Waals surface area contributed by atoms with Crippen LogP contribution in [0.5, 0.6) is 17.2 Å².